The molecule has 0 aromatic heterocycles. The lowest BCUT2D eigenvalue weighted by Crippen LogP contribution is -2.22. The van der Waals surface area contributed by atoms with Gasteiger partial charge in [-0.3, -0.25) is 0 Å². The molecule has 106 valence electrons. The molecule has 0 saturated carbocycles. The number of benzene rings is 2. The van der Waals surface area contributed by atoms with E-state index in [4.69, 9.17) is 0 Å². The summed E-state index contributed by atoms with van der Waals surface area (Å²) in [7, 11) is 0. The Kier molecular flexibility index (Phi) is 4.40. The van der Waals surface area contributed by atoms with Crippen molar-refractivity contribution >= 4 is 0 Å². The summed E-state index contributed by atoms with van der Waals surface area (Å²) in [4.78, 5) is 0. The number of rotatable bonds is 4. The van der Waals surface area contributed by atoms with Gasteiger partial charge in [0.05, 0.1) is 0 Å². The molecule has 2 aromatic rings. The van der Waals surface area contributed by atoms with Gasteiger partial charge < -0.3 is 10.4 Å². The molecule has 0 radical (unpaired) electrons. The highest BCUT2D eigenvalue weighted by molar-refractivity contribution is 5.38. The Hall–Kier alpha value is -1.87. The van der Waals surface area contributed by atoms with Gasteiger partial charge in [-0.05, 0) is 44.5 Å². The topological polar surface area (TPSA) is 32.3 Å². The fourth-order valence-corrected chi connectivity index (χ4v) is 2.33. The Morgan fingerprint density at radius 3 is 2.30 bits per heavy atom. The molecule has 2 nitrogen and oxygen atoms in total. The second-order valence-electron chi connectivity index (χ2n) is 5.22. The molecule has 0 fully saturated rings. The van der Waals surface area contributed by atoms with E-state index in [1.54, 1.807) is 18.2 Å². The van der Waals surface area contributed by atoms with Crippen LogP contribution in [-0.2, 0) is 0 Å². The predicted molar refractivity (Wildman–Crippen MR) is 79.2 cm³/mol. The zero-order chi connectivity index (χ0) is 14.7. The highest BCUT2D eigenvalue weighted by atomic mass is 19.1. The Morgan fingerprint density at radius 2 is 1.65 bits per heavy atom. The van der Waals surface area contributed by atoms with Gasteiger partial charge in [-0.25, -0.2) is 4.39 Å². The third-order valence-corrected chi connectivity index (χ3v) is 3.52. The first kappa shape index (κ1) is 14.5. The average Bonchev–Trinajstić information content (AvgIpc) is 2.42. The fraction of sp³-hybridized carbons (Fsp3) is 0.294. The molecule has 3 heteroatoms. The van der Waals surface area contributed by atoms with Crippen LogP contribution in [0.15, 0.2) is 42.5 Å². The first-order valence-corrected chi connectivity index (χ1v) is 6.78. The number of phenolic OH excluding ortho intramolecular Hbond substituents is 1. The van der Waals surface area contributed by atoms with Gasteiger partial charge in [0.25, 0.3) is 0 Å². The third kappa shape index (κ3) is 3.36. The molecule has 2 aromatic carbocycles. The number of hydrogen-bond donors (Lipinski definition) is 2. The summed E-state index contributed by atoms with van der Waals surface area (Å²) in [5.41, 5.74) is 3.00. The van der Waals surface area contributed by atoms with Gasteiger partial charge in [0.1, 0.15) is 11.6 Å². The van der Waals surface area contributed by atoms with Crippen LogP contribution in [0.1, 0.15) is 42.6 Å². The van der Waals surface area contributed by atoms with Crippen molar-refractivity contribution in [3.05, 3.63) is 65.0 Å². The quantitative estimate of drug-likeness (QED) is 0.872. The zero-order valence-corrected chi connectivity index (χ0v) is 12.0. The first-order valence-electron chi connectivity index (χ1n) is 6.78. The molecule has 0 bridgehead atoms. The summed E-state index contributed by atoms with van der Waals surface area (Å²) in [6.07, 6.45) is 0. The van der Waals surface area contributed by atoms with Crippen molar-refractivity contribution in [2.75, 3.05) is 0 Å². The molecule has 0 aliphatic heterocycles. The van der Waals surface area contributed by atoms with Crippen LogP contribution in [-0.4, -0.2) is 5.11 Å². The first-order chi connectivity index (χ1) is 9.47. The molecule has 20 heavy (non-hydrogen) atoms. The minimum atomic E-state index is -0.231. The lowest BCUT2D eigenvalue weighted by atomic mass is 10.0. The summed E-state index contributed by atoms with van der Waals surface area (Å²) in [5.74, 6) is 0.0623. The van der Waals surface area contributed by atoms with E-state index >= 15 is 0 Å². The second-order valence-corrected chi connectivity index (χ2v) is 5.22. The molecule has 2 atom stereocenters. The van der Waals surface area contributed by atoms with E-state index in [1.807, 2.05) is 32.9 Å². The van der Waals surface area contributed by atoms with Gasteiger partial charge >= 0.3 is 0 Å². The van der Waals surface area contributed by atoms with Crippen LogP contribution in [0.25, 0.3) is 0 Å². The number of hydrogen-bond acceptors (Lipinski definition) is 2. The predicted octanol–water partition coefficient (Wildman–Crippen LogP) is 4.25. The molecular formula is C17H20FNO. The van der Waals surface area contributed by atoms with Crippen LogP contribution < -0.4 is 5.32 Å². The number of phenols is 1. The largest absolute Gasteiger partial charge is 0.508 e. The van der Waals surface area contributed by atoms with Crippen molar-refractivity contribution in [2.24, 2.45) is 0 Å². The number of halogens is 1. The van der Waals surface area contributed by atoms with E-state index in [0.717, 1.165) is 16.7 Å². The molecule has 0 heterocycles. The Balaban J connectivity index is 2.12. The Morgan fingerprint density at radius 1 is 1.00 bits per heavy atom. The number of aromatic hydroxyl groups is 1. The van der Waals surface area contributed by atoms with Gasteiger partial charge in [-0.2, -0.15) is 0 Å². The van der Waals surface area contributed by atoms with Crippen molar-refractivity contribution in [1.82, 2.24) is 5.32 Å². The maximum absolute atomic E-state index is 12.9. The van der Waals surface area contributed by atoms with Crippen molar-refractivity contribution < 1.29 is 9.50 Å². The highest BCUT2D eigenvalue weighted by Gasteiger charge is 2.14. The Labute approximate surface area is 119 Å². The van der Waals surface area contributed by atoms with Crippen LogP contribution in [0.3, 0.4) is 0 Å². The lowest BCUT2D eigenvalue weighted by molar-refractivity contribution is 0.438. The molecule has 2 rings (SSSR count). The lowest BCUT2D eigenvalue weighted by Gasteiger charge is -2.22. The standard InChI is InChI=1S/C17H20FNO/c1-11-4-9-17(20)16(10-11)13(3)19-12(2)14-5-7-15(18)8-6-14/h4-10,12-13,19-20H,1-3H3/t12-,13?/m1/s1. The summed E-state index contributed by atoms with van der Waals surface area (Å²) in [5, 5.41) is 13.4. The molecule has 0 amide bonds. The summed E-state index contributed by atoms with van der Waals surface area (Å²) >= 11 is 0. The number of nitrogens with one attached hydrogen (secondary N) is 1. The van der Waals surface area contributed by atoms with Gasteiger partial charge in [0, 0.05) is 17.6 Å². The minimum Gasteiger partial charge on any atom is -0.508 e. The molecular weight excluding hydrogens is 253 g/mol. The van der Waals surface area contributed by atoms with Gasteiger partial charge in [-0.1, -0.05) is 29.8 Å². The van der Waals surface area contributed by atoms with Crippen LogP contribution in [0.4, 0.5) is 4.39 Å². The van der Waals surface area contributed by atoms with Crippen LogP contribution in [0, 0.1) is 12.7 Å². The molecule has 0 aliphatic carbocycles. The van der Waals surface area contributed by atoms with Crippen molar-refractivity contribution in [3.8, 4) is 5.75 Å². The van der Waals surface area contributed by atoms with E-state index in [2.05, 4.69) is 5.32 Å². The third-order valence-electron chi connectivity index (χ3n) is 3.52. The molecule has 0 saturated heterocycles. The van der Waals surface area contributed by atoms with Gasteiger partial charge in [-0.15, -0.1) is 0 Å². The van der Waals surface area contributed by atoms with Gasteiger partial charge in [0.15, 0.2) is 0 Å². The minimum absolute atomic E-state index is 0.00922. The highest BCUT2D eigenvalue weighted by Crippen LogP contribution is 2.27. The normalized spacial score (nSPS) is 14.0. The molecule has 1 unspecified atom stereocenters. The van der Waals surface area contributed by atoms with Crippen molar-refractivity contribution in [1.29, 1.82) is 0 Å². The SMILES string of the molecule is Cc1ccc(O)c(C(C)N[C@H](C)c2ccc(F)cc2)c1. The van der Waals surface area contributed by atoms with Crippen LogP contribution in [0.5, 0.6) is 5.75 Å². The second kappa shape index (κ2) is 6.06. The van der Waals surface area contributed by atoms with E-state index in [9.17, 15) is 9.50 Å². The maximum atomic E-state index is 12.9. The maximum Gasteiger partial charge on any atom is 0.123 e. The van der Waals surface area contributed by atoms with Crippen LogP contribution in [0.2, 0.25) is 0 Å². The summed E-state index contributed by atoms with van der Waals surface area (Å²) in [6.45, 7) is 6.03. The Bertz CT molecular complexity index is 580. The fourth-order valence-electron chi connectivity index (χ4n) is 2.33. The summed E-state index contributed by atoms with van der Waals surface area (Å²) in [6, 6.07) is 12.1. The van der Waals surface area contributed by atoms with E-state index in [-0.39, 0.29) is 17.9 Å². The van der Waals surface area contributed by atoms with Crippen molar-refractivity contribution in [2.45, 2.75) is 32.9 Å². The summed E-state index contributed by atoms with van der Waals surface area (Å²) < 4.78 is 12.9. The smallest absolute Gasteiger partial charge is 0.123 e. The zero-order valence-electron chi connectivity index (χ0n) is 12.0. The van der Waals surface area contributed by atoms with E-state index in [0.29, 0.717) is 5.75 Å². The van der Waals surface area contributed by atoms with Crippen molar-refractivity contribution in [3.63, 3.8) is 0 Å². The van der Waals surface area contributed by atoms with E-state index < -0.39 is 0 Å². The molecule has 0 spiro atoms. The monoisotopic (exact) mass is 273 g/mol. The average molecular weight is 273 g/mol. The molecule has 2 N–H and O–H groups in total. The van der Waals surface area contributed by atoms with E-state index in [1.165, 1.54) is 12.1 Å². The number of aryl methyl sites for hydroxylation is 1. The molecule has 0 aliphatic rings. The van der Waals surface area contributed by atoms with Gasteiger partial charge in [0.2, 0.25) is 0 Å². The van der Waals surface area contributed by atoms with Crippen LogP contribution >= 0.6 is 0 Å².